The van der Waals surface area contributed by atoms with Crippen molar-refractivity contribution in [1.82, 2.24) is 5.32 Å². The predicted octanol–water partition coefficient (Wildman–Crippen LogP) is 2.52. The quantitative estimate of drug-likeness (QED) is 0.570. The number of aliphatic imine (C=N–C) groups is 1. The molecule has 1 saturated carbocycles. The summed E-state index contributed by atoms with van der Waals surface area (Å²) in [6.07, 6.45) is 6.51. The van der Waals surface area contributed by atoms with E-state index in [-0.39, 0.29) is 0 Å². The van der Waals surface area contributed by atoms with Gasteiger partial charge < -0.3 is 11.1 Å². The SMILES string of the molecule is CCC1CCCC(NC(N)=NCC(C)C)C1. The molecule has 1 aliphatic carbocycles. The third-order valence-electron chi connectivity index (χ3n) is 3.34. The van der Waals surface area contributed by atoms with E-state index < -0.39 is 0 Å². The largest absolute Gasteiger partial charge is 0.370 e. The number of guanidine groups is 1. The molecule has 2 atom stereocenters. The van der Waals surface area contributed by atoms with Crippen LogP contribution in [0.3, 0.4) is 0 Å². The first kappa shape index (κ1) is 13.3. The fourth-order valence-electron chi connectivity index (χ4n) is 2.33. The highest BCUT2D eigenvalue weighted by Gasteiger charge is 2.20. The molecule has 3 nitrogen and oxygen atoms in total. The molecule has 0 bridgehead atoms. The van der Waals surface area contributed by atoms with Gasteiger partial charge in [0.2, 0.25) is 0 Å². The van der Waals surface area contributed by atoms with E-state index in [4.69, 9.17) is 5.73 Å². The first-order valence-corrected chi connectivity index (χ1v) is 6.68. The number of nitrogens with two attached hydrogens (primary N) is 1. The Morgan fingerprint density at radius 3 is 2.81 bits per heavy atom. The van der Waals surface area contributed by atoms with E-state index in [1.807, 2.05) is 0 Å². The van der Waals surface area contributed by atoms with Crippen molar-refractivity contribution in [3.05, 3.63) is 0 Å². The maximum absolute atomic E-state index is 5.88. The van der Waals surface area contributed by atoms with Crippen LogP contribution in [0.5, 0.6) is 0 Å². The molecule has 0 amide bonds. The summed E-state index contributed by atoms with van der Waals surface area (Å²) in [5, 5.41) is 3.37. The molecule has 0 radical (unpaired) electrons. The Morgan fingerprint density at radius 2 is 2.19 bits per heavy atom. The molecule has 3 heteroatoms. The van der Waals surface area contributed by atoms with Gasteiger partial charge in [-0.2, -0.15) is 0 Å². The number of hydrogen-bond donors (Lipinski definition) is 2. The van der Waals surface area contributed by atoms with Crippen LogP contribution in [0.25, 0.3) is 0 Å². The number of hydrogen-bond acceptors (Lipinski definition) is 1. The number of rotatable bonds is 4. The Kier molecular flexibility index (Phi) is 5.64. The average molecular weight is 225 g/mol. The molecule has 1 aliphatic rings. The van der Waals surface area contributed by atoms with Crippen LogP contribution in [0.4, 0.5) is 0 Å². The van der Waals surface area contributed by atoms with Gasteiger partial charge in [0.15, 0.2) is 5.96 Å². The number of nitrogens with one attached hydrogen (secondary N) is 1. The highest BCUT2D eigenvalue weighted by Crippen LogP contribution is 2.26. The minimum atomic E-state index is 0.551. The van der Waals surface area contributed by atoms with Crippen molar-refractivity contribution in [2.45, 2.75) is 58.9 Å². The van der Waals surface area contributed by atoms with E-state index >= 15 is 0 Å². The highest BCUT2D eigenvalue weighted by atomic mass is 15.1. The van der Waals surface area contributed by atoms with Crippen molar-refractivity contribution in [2.75, 3.05) is 6.54 Å². The molecule has 3 N–H and O–H groups in total. The van der Waals surface area contributed by atoms with E-state index in [9.17, 15) is 0 Å². The lowest BCUT2D eigenvalue weighted by atomic mass is 9.84. The van der Waals surface area contributed by atoms with Gasteiger partial charge in [0.1, 0.15) is 0 Å². The maximum Gasteiger partial charge on any atom is 0.188 e. The second-order valence-corrected chi connectivity index (χ2v) is 5.40. The highest BCUT2D eigenvalue weighted by molar-refractivity contribution is 5.78. The predicted molar refractivity (Wildman–Crippen MR) is 70.5 cm³/mol. The van der Waals surface area contributed by atoms with Gasteiger partial charge in [-0.25, -0.2) is 0 Å². The molecule has 16 heavy (non-hydrogen) atoms. The van der Waals surface area contributed by atoms with Crippen molar-refractivity contribution in [3.8, 4) is 0 Å². The zero-order chi connectivity index (χ0) is 12.0. The molecular formula is C13H27N3. The van der Waals surface area contributed by atoms with Crippen LogP contribution in [0.1, 0.15) is 52.9 Å². The zero-order valence-electron chi connectivity index (χ0n) is 11.0. The smallest absolute Gasteiger partial charge is 0.188 e. The normalized spacial score (nSPS) is 27.1. The average Bonchev–Trinajstić information content (AvgIpc) is 2.26. The summed E-state index contributed by atoms with van der Waals surface area (Å²) in [7, 11) is 0. The second kappa shape index (κ2) is 6.77. The van der Waals surface area contributed by atoms with Gasteiger partial charge in [-0.15, -0.1) is 0 Å². The minimum Gasteiger partial charge on any atom is -0.370 e. The molecule has 0 heterocycles. The number of nitrogens with zero attached hydrogens (tertiary/aromatic N) is 1. The Bertz CT molecular complexity index is 223. The molecule has 0 aromatic carbocycles. The fraction of sp³-hybridized carbons (Fsp3) is 0.923. The summed E-state index contributed by atoms with van der Waals surface area (Å²) in [5.74, 6) is 2.09. The first-order valence-electron chi connectivity index (χ1n) is 6.68. The molecule has 94 valence electrons. The molecule has 0 saturated heterocycles. The van der Waals surface area contributed by atoms with Gasteiger partial charge in [0, 0.05) is 12.6 Å². The summed E-state index contributed by atoms with van der Waals surface area (Å²) in [6, 6.07) is 0.551. The minimum absolute atomic E-state index is 0.551. The third kappa shape index (κ3) is 4.86. The van der Waals surface area contributed by atoms with Crippen LogP contribution in [0, 0.1) is 11.8 Å². The molecule has 0 spiro atoms. The van der Waals surface area contributed by atoms with Gasteiger partial charge in [0.25, 0.3) is 0 Å². The van der Waals surface area contributed by atoms with Crippen LogP contribution in [-0.2, 0) is 0 Å². The third-order valence-corrected chi connectivity index (χ3v) is 3.34. The molecule has 0 aliphatic heterocycles. The van der Waals surface area contributed by atoms with Crippen molar-refractivity contribution >= 4 is 5.96 Å². The lowest BCUT2D eigenvalue weighted by molar-refractivity contribution is 0.299. The van der Waals surface area contributed by atoms with Crippen LogP contribution < -0.4 is 11.1 Å². The summed E-state index contributed by atoms with van der Waals surface area (Å²) in [4.78, 5) is 4.35. The summed E-state index contributed by atoms with van der Waals surface area (Å²) >= 11 is 0. The van der Waals surface area contributed by atoms with Crippen LogP contribution in [-0.4, -0.2) is 18.5 Å². The fourth-order valence-corrected chi connectivity index (χ4v) is 2.33. The van der Waals surface area contributed by atoms with Gasteiger partial charge >= 0.3 is 0 Å². The molecule has 0 aromatic heterocycles. The molecule has 1 rings (SSSR count). The van der Waals surface area contributed by atoms with Crippen molar-refractivity contribution in [3.63, 3.8) is 0 Å². The van der Waals surface area contributed by atoms with E-state index in [2.05, 4.69) is 31.1 Å². The van der Waals surface area contributed by atoms with Gasteiger partial charge in [-0.1, -0.05) is 40.0 Å². The standard InChI is InChI=1S/C13H27N3/c1-4-11-6-5-7-12(8-11)16-13(14)15-9-10(2)3/h10-12H,4-9H2,1-3H3,(H3,14,15,16). The lowest BCUT2D eigenvalue weighted by Gasteiger charge is -2.29. The zero-order valence-corrected chi connectivity index (χ0v) is 11.0. The second-order valence-electron chi connectivity index (χ2n) is 5.40. The van der Waals surface area contributed by atoms with Gasteiger partial charge in [-0.05, 0) is 24.7 Å². The Labute approximate surface area is 99.9 Å². The van der Waals surface area contributed by atoms with Crippen molar-refractivity contribution in [1.29, 1.82) is 0 Å². The van der Waals surface area contributed by atoms with Gasteiger partial charge in [-0.3, -0.25) is 4.99 Å². The Hall–Kier alpha value is -0.730. The first-order chi connectivity index (χ1) is 7.61. The summed E-state index contributed by atoms with van der Waals surface area (Å²) in [5.41, 5.74) is 5.88. The van der Waals surface area contributed by atoms with E-state index in [0.717, 1.165) is 12.5 Å². The summed E-state index contributed by atoms with van der Waals surface area (Å²) in [6.45, 7) is 7.42. The maximum atomic E-state index is 5.88. The lowest BCUT2D eigenvalue weighted by Crippen LogP contribution is -2.42. The molecule has 0 aromatic rings. The molecular weight excluding hydrogens is 198 g/mol. The van der Waals surface area contributed by atoms with Crippen molar-refractivity contribution < 1.29 is 0 Å². The Morgan fingerprint density at radius 1 is 1.44 bits per heavy atom. The Balaban J connectivity index is 2.32. The van der Waals surface area contributed by atoms with Gasteiger partial charge in [0.05, 0.1) is 0 Å². The summed E-state index contributed by atoms with van der Waals surface area (Å²) < 4.78 is 0. The van der Waals surface area contributed by atoms with E-state index in [1.165, 1.54) is 32.1 Å². The van der Waals surface area contributed by atoms with E-state index in [1.54, 1.807) is 0 Å². The van der Waals surface area contributed by atoms with Crippen molar-refractivity contribution in [2.24, 2.45) is 22.6 Å². The van der Waals surface area contributed by atoms with E-state index in [0.29, 0.717) is 17.9 Å². The topological polar surface area (TPSA) is 50.4 Å². The molecule has 1 fully saturated rings. The van der Waals surface area contributed by atoms with Crippen LogP contribution in [0.2, 0.25) is 0 Å². The monoisotopic (exact) mass is 225 g/mol. The van der Waals surface area contributed by atoms with Crippen LogP contribution in [0.15, 0.2) is 4.99 Å². The van der Waals surface area contributed by atoms with Crippen LogP contribution >= 0.6 is 0 Å². The molecule has 2 unspecified atom stereocenters.